The zero-order valence-electron chi connectivity index (χ0n) is 10.4. The molecule has 1 fully saturated rings. The van der Waals surface area contributed by atoms with E-state index in [0.717, 1.165) is 6.54 Å². The average Bonchev–Trinajstić information content (AvgIpc) is 2.62. The molecule has 2 nitrogen and oxygen atoms in total. The van der Waals surface area contributed by atoms with E-state index in [1.54, 1.807) is 0 Å². The molecule has 0 amide bonds. The van der Waals surface area contributed by atoms with Gasteiger partial charge in [-0.05, 0) is 49.7 Å². The van der Waals surface area contributed by atoms with Gasteiger partial charge in [0.2, 0.25) is 0 Å². The quantitative estimate of drug-likeness (QED) is 0.851. The summed E-state index contributed by atoms with van der Waals surface area (Å²) < 4.78 is 5.81. The van der Waals surface area contributed by atoms with Crippen molar-refractivity contribution < 1.29 is 4.74 Å². The second-order valence-corrected chi connectivity index (χ2v) is 5.67. The molecule has 1 saturated carbocycles. The van der Waals surface area contributed by atoms with Gasteiger partial charge in [0.25, 0.3) is 0 Å². The molecule has 0 aliphatic heterocycles. The normalized spacial score (nSPS) is 20.4. The predicted octanol–water partition coefficient (Wildman–Crippen LogP) is 3.28. The Morgan fingerprint density at radius 1 is 1.56 bits per heavy atom. The molecule has 1 atom stereocenters. The van der Waals surface area contributed by atoms with Crippen LogP contribution in [0.15, 0.2) is 11.4 Å². The van der Waals surface area contributed by atoms with Crippen molar-refractivity contribution in [1.82, 2.24) is 5.32 Å². The van der Waals surface area contributed by atoms with Crippen molar-refractivity contribution in [2.45, 2.75) is 44.8 Å². The Hall–Kier alpha value is -0.380. The van der Waals surface area contributed by atoms with Crippen LogP contribution in [0.1, 0.15) is 42.7 Å². The van der Waals surface area contributed by atoms with Crippen molar-refractivity contribution in [2.75, 3.05) is 13.7 Å². The first kappa shape index (κ1) is 12.1. The Morgan fingerprint density at radius 2 is 2.31 bits per heavy atom. The highest BCUT2D eigenvalue weighted by Crippen LogP contribution is 2.46. The second-order valence-electron chi connectivity index (χ2n) is 4.55. The van der Waals surface area contributed by atoms with E-state index in [1.165, 1.54) is 29.7 Å². The number of ether oxygens (including phenoxy) is 1. The third-order valence-electron chi connectivity index (χ3n) is 3.75. The summed E-state index contributed by atoms with van der Waals surface area (Å²) in [5, 5.41) is 5.78. The molecule has 1 heterocycles. The van der Waals surface area contributed by atoms with Gasteiger partial charge >= 0.3 is 0 Å². The van der Waals surface area contributed by atoms with Gasteiger partial charge in [-0.15, -0.1) is 11.3 Å². The van der Waals surface area contributed by atoms with E-state index in [2.05, 4.69) is 30.6 Å². The van der Waals surface area contributed by atoms with Crippen molar-refractivity contribution in [3.05, 3.63) is 21.9 Å². The van der Waals surface area contributed by atoms with E-state index < -0.39 is 0 Å². The third kappa shape index (κ3) is 1.92. The minimum absolute atomic E-state index is 0.0435. The Morgan fingerprint density at radius 3 is 2.69 bits per heavy atom. The Labute approximate surface area is 102 Å². The van der Waals surface area contributed by atoms with Crippen molar-refractivity contribution in [2.24, 2.45) is 0 Å². The number of nitrogens with one attached hydrogen (secondary N) is 1. The molecule has 90 valence electrons. The SMILES string of the molecule is CCNC(c1ccsc1C)C1(OC)CCC1. The lowest BCUT2D eigenvalue weighted by Gasteiger charge is -2.47. The van der Waals surface area contributed by atoms with Gasteiger partial charge in [-0.3, -0.25) is 0 Å². The molecule has 16 heavy (non-hydrogen) atoms. The smallest absolute Gasteiger partial charge is 0.0872 e. The molecular formula is C13H21NOS. The van der Waals surface area contributed by atoms with Crippen molar-refractivity contribution in [1.29, 1.82) is 0 Å². The number of thiophene rings is 1. The van der Waals surface area contributed by atoms with Crippen molar-refractivity contribution in [3.8, 4) is 0 Å². The highest BCUT2D eigenvalue weighted by Gasteiger charge is 2.45. The minimum Gasteiger partial charge on any atom is -0.376 e. The minimum atomic E-state index is 0.0435. The third-order valence-corrected chi connectivity index (χ3v) is 4.61. The first-order valence-corrected chi connectivity index (χ1v) is 6.94. The zero-order valence-corrected chi connectivity index (χ0v) is 11.2. The van der Waals surface area contributed by atoms with Gasteiger partial charge < -0.3 is 10.1 Å². The molecule has 0 saturated heterocycles. The Kier molecular flexibility index (Phi) is 3.67. The molecule has 1 aliphatic carbocycles. The van der Waals surface area contributed by atoms with E-state index in [-0.39, 0.29) is 5.60 Å². The Balaban J connectivity index is 2.26. The van der Waals surface area contributed by atoms with E-state index in [9.17, 15) is 0 Å². The molecule has 2 rings (SSSR count). The molecule has 0 spiro atoms. The van der Waals surface area contributed by atoms with Crippen LogP contribution in [0.4, 0.5) is 0 Å². The number of hydrogen-bond donors (Lipinski definition) is 1. The maximum Gasteiger partial charge on any atom is 0.0872 e. The molecule has 0 radical (unpaired) electrons. The lowest BCUT2D eigenvalue weighted by atomic mass is 9.72. The van der Waals surface area contributed by atoms with Crippen LogP contribution in [-0.4, -0.2) is 19.3 Å². The van der Waals surface area contributed by atoms with Crippen LogP contribution >= 0.6 is 11.3 Å². The van der Waals surface area contributed by atoms with Crippen LogP contribution in [-0.2, 0) is 4.74 Å². The Bertz CT molecular complexity index is 338. The summed E-state index contributed by atoms with van der Waals surface area (Å²) in [5.41, 5.74) is 1.47. The molecular weight excluding hydrogens is 218 g/mol. The second kappa shape index (κ2) is 4.86. The van der Waals surface area contributed by atoms with Gasteiger partial charge in [-0.25, -0.2) is 0 Å². The number of methoxy groups -OCH3 is 1. The fourth-order valence-corrected chi connectivity index (χ4v) is 3.35. The van der Waals surface area contributed by atoms with Crippen LogP contribution in [0.2, 0.25) is 0 Å². The van der Waals surface area contributed by atoms with Crippen molar-refractivity contribution in [3.63, 3.8) is 0 Å². The zero-order chi connectivity index (χ0) is 11.6. The van der Waals surface area contributed by atoms with E-state index in [1.807, 2.05) is 18.4 Å². The summed E-state index contributed by atoms with van der Waals surface area (Å²) in [4.78, 5) is 1.41. The molecule has 0 bridgehead atoms. The molecule has 1 aliphatic rings. The number of hydrogen-bond acceptors (Lipinski definition) is 3. The molecule has 1 unspecified atom stereocenters. The number of likely N-dealkylation sites (N-methyl/N-ethyl adjacent to an activating group) is 1. The lowest BCUT2D eigenvalue weighted by Crippen LogP contribution is -2.50. The first-order chi connectivity index (χ1) is 7.73. The fraction of sp³-hybridized carbons (Fsp3) is 0.692. The number of aryl methyl sites for hydroxylation is 1. The van der Waals surface area contributed by atoms with Crippen LogP contribution in [0.5, 0.6) is 0 Å². The van der Waals surface area contributed by atoms with Crippen LogP contribution < -0.4 is 5.32 Å². The molecule has 1 aromatic rings. The summed E-state index contributed by atoms with van der Waals surface area (Å²) in [6, 6.07) is 2.61. The van der Waals surface area contributed by atoms with Gasteiger partial charge in [0.15, 0.2) is 0 Å². The molecule has 3 heteroatoms. The van der Waals surface area contributed by atoms with Gasteiger partial charge in [0.1, 0.15) is 0 Å². The van der Waals surface area contributed by atoms with Crippen LogP contribution in [0, 0.1) is 6.92 Å². The largest absolute Gasteiger partial charge is 0.376 e. The van der Waals surface area contributed by atoms with Crippen LogP contribution in [0.3, 0.4) is 0 Å². The average molecular weight is 239 g/mol. The standard InChI is InChI=1S/C13H21NOS/c1-4-14-12(11-6-9-16-10(11)2)13(15-3)7-5-8-13/h6,9,12,14H,4-5,7-8H2,1-3H3. The fourth-order valence-electron chi connectivity index (χ4n) is 2.61. The van der Waals surface area contributed by atoms with E-state index in [0.29, 0.717) is 6.04 Å². The maximum atomic E-state index is 5.81. The van der Waals surface area contributed by atoms with Gasteiger partial charge in [-0.1, -0.05) is 6.92 Å². The van der Waals surface area contributed by atoms with Gasteiger partial charge in [-0.2, -0.15) is 0 Å². The van der Waals surface area contributed by atoms with Gasteiger partial charge in [0.05, 0.1) is 11.6 Å². The van der Waals surface area contributed by atoms with Crippen LogP contribution in [0.25, 0.3) is 0 Å². The van der Waals surface area contributed by atoms with Gasteiger partial charge in [0, 0.05) is 12.0 Å². The topological polar surface area (TPSA) is 21.3 Å². The summed E-state index contributed by atoms with van der Waals surface area (Å²) >= 11 is 1.82. The van der Waals surface area contributed by atoms with E-state index in [4.69, 9.17) is 4.74 Å². The summed E-state index contributed by atoms with van der Waals surface area (Å²) in [6.07, 6.45) is 3.64. The van der Waals surface area contributed by atoms with Crippen molar-refractivity contribution >= 4 is 11.3 Å². The number of rotatable bonds is 5. The summed E-state index contributed by atoms with van der Waals surface area (Å²) in [6.45, 7) is 5.36. The maximum absolute atomic E-state index is 5.81. The van der Waals surface area contributed by atoms with E-state index >= 15 is 0 Å². The molecule has 0 aromatic carbocycles. The molecule has 1 aromatic heterocycles. The highest BCUT2D eigenvalue weighted by atomic mass is 32.1. The predicted molar refractivity (Wildman–Crippen MR) is 69.1 cm³/mol. The monoisotopic (exact) mass is 239 g/mol. The summed E-state index contributed by atoms with van der Waals surface area (Å²) in [5.74, 6) is 0. The lowest BCUT2D eigenvalue weighted by molar-refractivity contribution is -0.0995. The summed E-state index contributed by atoms with van der Waals surface area (Å²) in [7, 11) is 1.85. The first-order valence-electron chi connectivity index (χ1n) is 6.06. The highest BCUT2D eigenvalue weighted by molar-refractivity contribution is 7.10. The molecule has 1 N–H and O–H groups in total.